The molecule has 0 radical (unpaired) electrons. The number of rotatable bonds is 2. The van der Waals surface area contributed by atoms with Crippen LogP contribution in [0.25, 0.3) is 0 Å². The van der Waals surface area contributed by atoms with Crippen LogP contribution >= 0.6 is 0 Å². The number of aryl methyl sites for hydroxylation is 1. The van der Waals surface area contributed by atoms with Crippen LogP contribution in [0.2, 0.25) is 0 Å². The number of hydrogen-bond donors (Lipinski definition) is 0. The van der Waals surface area contributed by atoms with Gasteiger partial charge in [-0.1, -0.05) is 12.1 Å². The van der Waals surface area contributed by atoms with Crippen LogP contribution in [-0.4, -0.2) is 29.7 Å². The summed E-state index contributed by atoms with van der Waals surface area (Å²) < 4.78 is 25.2. The zero-order chi connectivity index (χ0) is 19.6. The molecule has 1 aliphatic rings. The summed E-state index contributed by atoms with van der Waals surface area (Å²) >= 11 is 0. The Balaban J connectivity index is 1.71. The zero-order valence-electron chi connectivity index (χ0n) is 16.3. The second kappa shape index (κ2) is 7.59. The molecule has 1 amide bonds. The summed E-state index contributed by atoms with van der Waals surface area (Å²) in [5, 5.41) is 0. The molecular weight excluding hydrogens is 345 g/mol. The molecule has 0 atom stereocenters. The Hall–Kier alpha value is -2.56. The maximum absolute atomic E-state index is 14.0. The number of carbonyl (C=O) groups is 1. The van der Waals surface area contributed by atoms with Crippen molar-refractivity contribution in [2.24, 2.45) is 0 Å². The second-order valence-electron chi connectivity index (χ2n) is 7.93. The van der Waals surface area contributed by atoms with E-state index in [0.29, 0.717) is 25.3 Å². The van der Waals surface area contributed by atoms with Gasteiger partial charge in [-0.3, -0.25) is 0 Å². The minimum absolute atomic E-state index is 0.213. The second-order valence-corrected chi connectivity index (χ2v) is 7.93. The van der Waals surface area contributed by atoms with Crippen LogP contribution in [0.5, 0.6) is 11.5 Å². The van der Waals surface area contributed by atoms with Crippen molar-refractivity contribution in [1.82, 2.24) is 4.90 Å². The van der Waals surface area contributed by atoms with Gasteiger partial charge < -0.3 is 14.4 Å². The SMILES string of the molecule is Cc1ccc(Oc2ccc3c(c2)CCN(C(=O)OC(C)(C)C)CC3)c(F)c1. The van der Waals surface area contributed by atoms with E-state index in [2.05, 4.69) is 0 Å². The average Bonchev–Trinajstić information content (AvgIpc) is 2.78. The number of fused-ring (bicyclic) bond motifs is 1. The Kier molecular flexibility index (Phi) is 5.40. The maximum Gasteiger partial charge on any atom is 0.410 e. The van der Waals surface area contributed by atoms with Gasteiger partial charge in [0.15, 0.2) is 11.6 Å². The van der Waals surface area contributed by atoms with Crippen molar-refractivity contribution in [3.05, 3.63) is 58.9 Å². The molecule has 2 aromatic carbocycles. The Morgan fingerprint density at radius 3 is 2.41 bits per heavy atom. The fourth-order valence-corrected chi connectivity index (χ4v) is 3.09. The highest BCUT2D eigenvalue weighted by atomic mass is 19.1. The third-order valence-electron chi connectivity index (χ3n) is 4.45. The molecule has 5 heteroatoms. The number of amides is 1. The van der Waals surface area contributed by atoms with Crippen LogP contribution in [0.15, 0.2) is 36.4 Å². The topological polar surface area (TPSA) is 38.8 Å². The van der Waals surface area contributed by atoms with E-state index in [9.17, 15) is 9.18 Å². The Morgan fingerprint density at radius 1 is 1.04 bits per heavy atom. The third kappa shape index (κ3) is 5.00. The molecule has 0 aromatic heterocycles. The molecule has 0 saturated heterocycles. The fourth-order valence-electron chi connectivity index (χ4n) is 3.09. The molecule has 1 aliphatic heterocycles. The van der Waals surface area contributed by atoms with Gasteiger partial charge >= 0.3 is 6.09 Å². The number of nitrogens with zero attached hydrogens (tertiary/aromatic N) is 1. The molecule has 2 aromatic rings. The van der Waals surface area contributed by atoms with Crippen molar-refractivity contribution in [3.8, 4) is 11.5 Å². The molecule has 144 valence electrons. The molecule has 27 heavy (non-hydrogen) atoms. The first-order valence-corrected chi connectivity index (χ1v) is 9.25. The maximum atomic E-state index is 14.0. The highest BCUT2D eigenvalue weighted by Crippen LogP contribution is 2.28. The summed E-state index contributed by atoms with van der Waals surface area (Å²) in [4.78, 5) is 14.1. The fraction of sp³-hybridized carbons (Fsp3) is 0.409. The molecule has 4 nitrogen and oxygen atoms in total. The van der Waals surface area contributed by atoms with Crippen LogP contribution < -0.4 is 4.74 Å². The molecule has 0 aliphatic carbocycles. The summed E-state index contributed by atoms with van der Waals surface area (Å²) in [5.74, 6) is 0.438. The summed E-state index contributed by atoms with van der Waals surface area (Å²) in [6, 6.07) is 10.7. The summed E-state index contributed by atoms with van der Waals surface area (Å²) in [6.07, 6.45) is 1.18. The van der Waals surface area contributed by atoms with Gasteiger partial charge in [-0.2, -0.15) is 0 Å². The van der Waals surface area contributed by atoms with Crippen LogP contribution in [0.3, 0.4) is 0 Å². The molecular formula is C22H26FNO3. The Labute approximate surface area is 159 Å². The number of carbonyl (C=O) groups excluding carboxylic acids is 1. The smallest absolute Gasteiger partial charge is 0.410 e. The predicted molar refractivity (Wildman–Crippen MR) is 103 cm³/mol. The van der Waals surface area contributed by atoms with Crippen molar-refractivity contribution in [2.45, 2.75) is 46.1 Å². The lowest BCUT2D eigenvalue weighted by atomic mass is 10.0. The lowest BCUT2D eigenvalue weighted by Gasteiger charge is -2.26. The van der Waals surface area contributed by atoms with Gasteiger partial charge in [0.05, 0.1) is 0 Å². The van der Waals surface area contributed by atoms with E-state index in [1.807, 2.05) is 52.0 Å². The molecule has 0 spiro atoms. The van der Waals surface area contributed by atoms with Gasteiger partial charge in [-0.05, 0) is 81.5 Å². The molecule has 0 fully saturated rings. The van der Waals surface area contributed by atoms with Crippen LogP contribution in [0, 0.1) is 12.7 Å². The van der Waals surface area contributed by atoms with Gasteiger partial charge in [0.25, 0.3) is 0 Å². The summed E-state index contributed by atoms with van der Waals surface area (Å²) in [7, 11) is 0. The van der Waals surface area contributed by atoms with Crippen LogP contribution in [-0.2, 0) is 17.6 Å². The molecule has 0 bridgehead atoms. The predicted octanol–water partition coefficient (Wildman–Crippen LogP) is 5.26. The lowest BCUT2D eigenvalue weighted by Crippen LogP contribution is -2.38. The molecule has 3 rings (SSSR count). The van der Waals surface area contributed by atoms with Crippen molar-refractivity contribution < 1.29 is 18.7 Å². The van der Waals surface area contributed by atoms with E-state index in [4.69, 9.17) is 9.47 Å². The first kappa shape index (κ1) is 19.2. The quantitative estimate of drug-likeness (QED) is 0.723. The van der Waals surface area contributed by atoms with Crippen molar-refractivity contribution in [1.29, 1.82) is 0 Å². The van der Waals surface area contributed by atoms with E-state index >= 15 is 0 Å². The van der Waals surface area contributed by atoms with Crippen molar-refractivity contribution in [3.63, 3.8) is 0 Å². The van der Waals surface area contributed by atoms with Crippen molar-refractivity contribution >= 4 is 6.09 Å². The standard InChI is InChI=1S/C22H26FNO3/c1-15-5-8-20(19(23)13-15)26-18-7-6-16-9-11-24(12-10-17(16)14-18)21(25)27-22(2,3)4/h5-8,13-14H,9-12H2,1-4H3. The van der Waals surface area contributed by atoms with Crippen LogP contribution in [0.4, 0.5) is 9.18 Å². The van der Waals surface area contributed by atoms with E-state index in [-0.39, 0.29) is 17.7 Å². The minimum Gasteiger partial charge on any atom is -0.454 e. The monoisotopic (exact) mass is 371 g/mol. The van der Waals surface area contributed by atoms with E-state index in [1.165, 1.54) is 11.6 Å². The van der Waals surface area contributed by atoms with Gasteiger partial charge in [-0.25, -0.2) is 9.18 Å². The molecule has 1 heterocycles. The first-order chi connectivity index (χ1) is 12.7. The molecule has 0 N–H and O–H groups in total. The Morgan fingerprint density at radius 2 is 1.74 bits per heavy atom. The molecule has 0 unspecified atom stereocenters. The lowest BCUT2D eigenvalue weighted by molar-refractivity contribution is 0.0258. The van der Waals surface area contributed by atoms with E-state index < -0.39 is 5.60 Å². The number of benzene rings is 2. The largest absolute Gasteiger partial charge is 0.454 e. The number of halogens is 1. The molecule has 0 saturated carbocycles. The highest BCUT2D eigenvalue weighted by Gasteiger charge is 2.24. The zero-order valence-corrected chi connectivity index (χ0v) is 16.3. The van der Waals surface area contributed by atoms with Gasteiger partial charge in [0.2, 0.25) is 0 Å². The summed E-state index contributed by atoms with van der Waals surface area (Å²) in [6.45, 7) is 8.65. The first-order valence-electron chi connectivity index (χ1n) is 9.25. The van der Waals surface area contributed by atoms with Crippen molar-refractivity contribution in [2.75, 3.05) is 13.1 Å². The van der Waals surface area contributed by atoms with Gasteiger partial charge in [0, 0.05) is 13.1 Å². The third-order valence-corrected chi connectivity index (χ3v) is 4.45. The normalized spacial score (nSPS) is 14.3. The summed E-state index contributed by atoms with van der Waals surface area (Å²) in [5.41, 5.74) is 2.64. The number of ether oxygens (including phenoxy) is 2. The van der Waals surface area contributed by atoms with Crippen LogP contribution in [0.1, 0.15) is 37.5 Å². The van der Waals surface area contributed by atoms with Gasteiger partial charge in [-0.15, -0.1) is 0 Å². The Bertz CT molecular complexity index is 842. The van der Waals surface area contributed by atoms with E-state index in [1.54, 1.807) is 11.0 Å². The minimum atomic E-state index is -0.505. The van der Waals surface area contributed by atoms with E-state index in [0.717, 1.165) is 17.5 Å². The average molecular weight is 371 g/mol. The van der Waals surface area contributed by atoms with Gasteiger partial charge in [0.1, 0.15) is 11.4 Å². The number of hydrogen-bond acceptors (Lipinski definition) is 3. The highest BCUT2D eigenvalue weighted by molar-refractivity contribution is 5.68.